The van der Waals surface area contributed by atoms with Gasteiger partial charge in [0.2, 0.25) is 0 Å². The molecule has 0 radical (unpaired) electrons. The number of ether oxygens (including phenoxy) is 1. The van der Waals surface area contributed by atoms with Crippen molar-refractivity contribution in [2.24, 2.45) is 0 Å². The van der Waals surface area contributed by atoms with E-state index < -0.39 is 6.55 Å². The number of aromatic nitrogens is 2. The fraction of sp³-hybridized carbons (Fsp3) is 0.733. The molecule has 1 aliphatic rings. The van der Waals surface area contributed by atoms with E-state index in [0.717, 1.165) is 24.2 Å². The predicted octanol–water partition coefficient (Wildman–Crippen LogP) is 1.53. The highest BCUT2D eigenvalue weighted by atomic mass is 19.3. The van der Waals surface area contributed by atoms with E-state index in [9.17, 15) is 13.6 Å². The van der Waals surface area contributed by atoms with Crippen LogP contribution in [0.1, 0.15) is 26.2 Å². The van der Waals surface area contributed by atoms with Crippen LogP contribution in [0.2, 0.25) is 0 Å². The van der Waals surface area contributed by atoms with Crippen LogP contribution in [0.5, 0.6) is 0 Å². The van der Waals surface area contributed by atoms with Gasteiger partial charge < -0.3 is 15.0 Å². The second-order valence-corrected chi connectivity index (χ2v) is 6.13. The van der Waals surface area contributed by atoms with Gasteiger partial charge in [-0.2, -0.15) is 8.78 Å². The lowest BCUT2D eigenvalue weighted by Gasteiger charge is -2.36. The van der Waals surface area contributed by atoms with Crippen molar-refractivity contribution in [3.05, 3.63) is 18.2 Å². The summed E-state index contributed by atoms with van der Waals surface area (Å²) in [7, 11) is 1.68. The molecule has 0 spiro atoms. The van der Waals surface area contributed by atoms with E-state index in [1.165, 1.54) is 12.4 Å². The van der Waals surface area contributed by atoms with Crippen LogP contribution in [0.15, 0.2) is 12.4 Å². The number of hydrogen-bond acceptors (Lipinski definition) is 4. The molecule has 1 saturated heterocycles. The molecule has 2 atom stereocenters. The van der Waals surface area contributed by atoms with E-state index in [2.05, 4.69) is 15.2 Å². The van der Waals surface area contributed by atoms with Crippen molar-refractivity contribution >= 4 is 6.03 Å². The van der Waals surface area contributed by atoms with Crippen LogP contribution in [-0.2, 0) is 11.3 Å². The monoisotopic (exact) mass is 345 g/mol. The lowest BCUT2D eigenvalue weighted by atomic mass is 10.2. The van der Waals surface area contributed by atoms with Gasteiger partial charge in [0.1, 0.15) is 5.82 Å². The lowest BCUT2D eigenvalue weighted by molar-refractivity contribution is -0.0684. The smallest absolute Gasteiger partial charge is 0.319 e. The quantitative estimate of drug-likeness (QED) is 0.849. The zero-order valence-corrected chi connectivity index (χ0v) is 14.3. The highest BCUT2D eigenvalue weighted by Gasteiger charge is 2.22. The Kier molecular flexibility index (Phi) is 6.50. The number of nitrogens with zero attached hydrogens (tertiary/aromatic N) is 4. The first-order chi connectivity index (χ1) is 11.4. The van der Waals surface area contributed by atoms with Gasteiger partial charge in [0.05, 0.1) is 18.8 Å². The molecule has 7 nitrogen and oxygen atoms in total. The fourth-order valence-electron chi connectivity index (χ4n) is 2.81. The highest BCUT2D eigenvalue weighted by molar-refractivity contribution is 5.73. The van der Waals surface area contributed by atoms with Gasteiger partial charge in [0.15, 0.2) is 0 Å². The average molecular weight is 345 g/mol. The number of hydrogen-bond donors (Lipinski definition) is 1. The molecule has 2 rings (SSSR count). The van der Waals surface area contributed by atoms with Crippen molar-refractivity contribution in [2.45, 2.75) is 39.1 Å². The summed E-state index contributed by atoms with van der Waals surface area (Å²) in [5.74, 6) is 0.127. The third-order valence-corrected chi connectivity index (χ3v) is 3.95. The van der Waals surface area contributed by atoms with Gasteiger partial charge >= 0.3 is 12.6 Å². The number of halogens is 2. The Morgan fingerprint density at radius 2 is 2.12 bits per heavy atom. The van der Waals surface area contributed by atoms with Gasteiger partial charge in [-0.05, 0) is 13.8 Å². The number of nitrogens with one attached hydrogen (secondary N) is 1. The summed E-state index contributed by atoms with van der Waals surface area (Å²) >= 11 is 0. The van der Waals surface area contributed by atoms with E-state index in [1.807, 2.05) is 13.8 Å². The molecule has 0 aliphatic carbocycles. The number of rotatable bonds is 6. The number of morpholine rings is 1. The molecule has 0 saturated carbocycles. The molecule has 1 fully saturated rings. The molecule has 24 heavy (non-hydrogen) atoms. The number of carbonyl (C=O) groups excluding carboxylic acids is 1. The number of imidazole rings is 1. The maximum atomic E-state index is 12.7. The summed E-state index contributed by atoms with van der Waals surface area (Å²) in [5, 5.41) is 2.61. The predicted molar refractivity (Wildman–Crippen MR) is 84.8 cm³/mol. The van der Waals surface area contributed by atoms with Crippen molar-refractivity contribution in [2.75, 3.05) is 33.2 Å². The zero-order valence-electron chi connectivity index (χ0n) is 14.3. The van der Waals surface area contributed by atoms with Gasteiger partial charge in [0, 0.05) is 45.6 Å². The van der Waals surface area contributed by atoms with Crippen LogP contribution < -0.4 is 5.32 Å². The molecule has 0 aromatic carbocycles. The maximum Gasteiger partial charge on any atom is 0.319 e. The van der Waals surface area contributed by atoms with Crippen molar-refractivity contribution in [1.82, 2.24) is 24.7 Å². The Labute approximate surface area is 140 Å². The third kappa shape index (κ3) is 5.13. The third-order valence-electron chi connectivity index (χ3n) is 3.95. The summed E-state index contributed by atoms with van der Waals surface area (Å²) in [5.41, 5.74) is 0. The largest absolute Gasteiger partial charge is 0.373 e. The fourth-order valence-corrected chi connectivity index (χ4v) is 2.81. The minimum absolute atomic E-state index is 0.0356. The molecule has 1 aromatic heterocycles. The van der Waals surface area contributed by atoms with Crippen LogP contribution in [0.3, 0.4) is 0 Å². The number of urea groups is 1. The van der Waals surface area contributed by atoms with E-state index >= 15 is 0 Å². The molecule has 9 heteroatoms. The molecular weight excluding hydrogens is 320 g/mol. The van der Waals surface area contributed by atoms with E-state index in [-0.39, 0.29) is 30.6 Å². The van der Waals surface area contributed by atoms with Crippen LogP contribution in [0.4, 0.5) is 13.6 Å². The molecule has 0 unspecified atom stereocenters. The Morgan fingerprint density at radius 3 is 2.75 bits per heavy atom. The van der Waals surface area contributed by atoms with Crippen molar-refractivity contribution in [1.29, 1.82) is 0 Å². The van der Waals surface area contributed by atoms with Gasteiger partial charge in [-0.1, -0.05) is 0 Å². The van der Waals surface area contributed by atoms with Gasteiger partial charge in [0.25, 0.3) is 0 Å². The molecule has 136 valence electrons. The van der Waals surface area contributed by atoms with Crippen molar-refractivity contribution < 1.29 is 18.3 Å². The second kappa shape index (κ2) is 8.39. The highest BCUT2D eigenvalue weighted by Crippen LogP contribution is 2.12. The summed E-state index contributed by atoms with van der Waals surface area (Å²) in [6.45, 7) is 4.34. The Morgan fingerprint density at radius 1 is 1.46 bits per heavy atom. The first-order valence-corrected chi connectivity index (χ1v) is 8.03. The number of amides is 2. The van der Waals surface area contributed by atoms with E-state index in [4.69, 9.17) is 4.74 Å². The minimum atomic E-state index is -2.66. The molecule has 1 aromatic rings. The molecule has 1 N–H and O–H groups in total. The minimum Gasteiger partial charge on any atom is -0.373 e. The first kappa shape index (κ1) is 18.6. The molecule has 2 heterocycles. The SMILES string of the molecule is C[C@@H]1CN(CCN(C)C(=O)NCc2nccn2C(F)F)C[C@H](C)O1. The summed E-state index contributed by atoms with van der Waals surface area (Å²) < 4.78 is 31.8. The van der Waals surface area contributed by atoms with Gasteiger partial charge in [-0.3, -0.25) is 9.47 Å². The maximum absolute atomic E-state index is 12.7. The summed E-state index contributed by atoms with van der Waals surface area (Å²) in [6.07, 6.45) is 2.84. The zero-order chi connectivity index (χ0) is 17.7. The standard InChI is InChI=1S/C15H25F2N5O2/c1-11-9-21(10-12(2)24-11)7-6-20(3)15(23)19-8-13-18-4-5-22(13)14(16)17/h4-5,11-12,14H,6-10H2,1-3H3,(H,19,23)/t11-,12+. The molecule has 2 amide bonds. The average Bonchev–Trinajstić information content (AvgIpc) is 2.98. The molecule has 1 aliphatic heterocycles. The Bertz CT molecular complexity index is 530. The first-order valence-electron chi connectivity index (χ1n) is 8.03. The van der Waals surface area contributed by atoms with Crippen molar-refractivity contribution in [3.63, 3.8) is 0 Å². The summed E-state index contributed by atoms with van der Waals surface area (Å²) in [6, 6.07) is -0.312. The van der Waals surface area contributed by atoms with Crippen molar-refractivity contribution in [3.8, 4) is 0 Å². The van der Waals surface area contributed by atoms with Gasteiger partial charge in [-0.15, -0.1) is 0 Å². The topological polar surface area (TPSA) is 62.6 Å². The van der Waals surface area contributed by atoms with Crippen LogP contribution in [0, 0.1) is 0 Å². The Hall–Kier alpha value is -1.74. The Balaban J connectivity index is 1.75. The van der Waals surface area contributed by atoms with Crippen LogP contribution in [0.25, 0.3) is 0 Å². The van der Waals surface area contributed by atoms with Gasteiger partial charge in [-0.25, -0.2) is 9.78 Å². The second-order valence-electron chi connectivity index (χ2n) is 6.13. The van der Waals surface area contributed by atoms with Crippen LogP contribution in [-0.4, -0.2) is 70.8 Å². The van der Waals surface area contributed by atoms with E-state index in [0.29, 0.717) is 6.54 Å². The number of alkyl halides is 2. The lowest BCUT2D eigenvalue weighted by Crippen LogP contribution is -2.49. The molecule has 0 bridgehead atoms. The van der Waals surface area contributed by atoms with E-state index in [1.54, 1.807) is 11.9 Å². The number of carbonyl (C=O) groups is 1. The van der Waals surface area contributed by atoms with Crippen LogP contribution >= 0.6 is 0 Å². The number of likely N-dealkylation sites (N-methyl/N-ethyl adjacent to an activating group) is 1. The summed E-state index contributed by atoms with van der Waals surface area (Å²) in [4.78, 5) is 19.7. The normalized spacial score (nSPS) is 21.9. The molecular formula is C15H25F2N5O2.